The summed E-state index contributed by atoms with van der Waals surface area (Å²) >= 11 is 1.61. The molecule has 3 heterocycles. The van der Waals surface area contributed by atoms with Gasteiger partial charge in [-0.05, 0) is 25.5 Å². The summed E-state index contributed by atoms with van der Waals surface area (Å²) in [5, 5.41) is 3.98. The van der Waals surface area contributed by atoms with E-state index in [9.17, 15) is 9.59 Å². The van der Waals surface area contributed by atoms with Crippen LogP contribution in [0.4, 0.5) is 0 Å². The van der Waals surface area contributed by atoms with E-state index in [1.165, 1.54) is 0 Å². The molecule has 1 aliphatic rings. The van der Waals surface area contributed by atoms with Gasteiger partial charge in [-0.3, -0.25) is 14.6 Å². The number of rotatable bonds is 6. The molecular formula is C18H22N4O2S. The number of thiazole rings is 1. The summed E-state index contributed by atoms with van der Waals surface area (Å²) in [6, 6.07) is 5.63. The normalized spacial score (nSPS) is 17.1. The average Bonchev–Trinajstić information content (AvgIpc) is 3.16. The van der Waals surface area contributed by atoms with Gasteiger partial charge in [-0.1, -0.05) is 13.0 Å². The number of carbonyl (C=O) groups excluding carboxylic acids is 2. The lowest BCUT2D eigenvalue weighted by molar-refractivity contribution is -0.129. The van der Waals surface area contributed by atoms with Gasteiger partial charge in [0.2, 0.25) is 11.8 Å². The van der Waals surface area contributed by atoms with E-state index < -0.39 is 0 Å². The molecule has 1 N–H and O–H groups in total. The van der Waals surface area contributed by atoms with Crippen LogP contribution >= 0.6 is 11.3 Å². The van der Waals surface area contributed by atoms with Crippen LogP contribution in [0.5, 0.6) is 0 Å². The van der Waals surface area contributed by atoms with Gasteiger partial charge < -0.3 is 10.2 Å². The first kappa shape index (κ1) is 17.5. The van der Waals surface area contributed by atoms with Gasteiger partial charge in [-0.2, -0.15) is 0 Å². The van der Waals surface area contributed by atoms with Crippen molar-refractivity contribution in [3.63, 3.8) is 0 Å². The van der Waals surface area contributed by atoms with E-state index in [2.05, 4.69) is 22.2 Å². The summed E-state index contributed by atoms with van der Waals surface area (Å²) in [4.78, 5) is 36.2. The van der Waals surface area contributed by atoms with Crippen LogP contribution in [-0.2, 0) is 29.1 Å². The zero-order valence-electron chi connectivity index (χ0n) is 14.5. The van der Waals surface area contributed by atoms with Crippen molar-refractivity contribution in [3.05, 3.63) is 45.7 Å². The van der Waals surface area contributed by atoms with Gasteiger partial charge in [-0.25, -0.2) is 4.98 Å². The summed E-state index contributed by atoms with van der Waals surface area (Å²) in [5.41, 5.74) is 1.88. The van der Waals surface area contributed by atoms with Crippen LogP contribution in [0.3, 0.4) is 0 Å². The topological polar surface area (TPSA) is 75.2 Å². The van der Waals surface area contributed by atoms with Gasteiger partial charge in [0.25, 0.3) is 0 Å². The molecule has 25 heavy (non-hydrogen) atoms. The predicted octanol–water partition coefficient (Wildman–Crippen LogP) is 2.07. The Labute approximate surface area is 151 Å². The molecule has 132 valence electrons. The van der Waals surface area contributed by atoms with Crippen molar-refractivity contribution in [3.8, 4) is 0 Å². The third-order valence-corrected chi connectivity index (χ3v) is 5.32. The Hall–Kier alpha value is -2.28. The van der Waals surface area contributed by atoms with Crippen LogP contribution in [-0.4, -0.2) is 33.2 Å². The molecule has 2 aromatic heterocycles. The molecule has 6 nitrogen and oxygen atoms in total. The molecule has 2 amide bonds. The lowest BCUT2D eigenvalue weighted by Gasteiger charge is -2.16. The zero-order valence-corrected chi connectivity index (χ0v) is 15.3. The lowest BCUT2D eigenvalue weighted by Crippen LogP contribution is -2.32. The summed E-state index contributed by atoms with van der Waals surface area (Å²) in [6.07, 6.45) is 2.83. The minimum Gasteiger partial charge on any atom is -0.351 e. The average molecular weight is 358 g/mol. The van der Waals surface area contributed by atoms with E-state index in [0.29, 0.717) is 19.6 Å². The molecule has 0 radical (unpaired) electrons. The number of hydrogen-bond donors (Lipinski definition) is 1. The monoisotopic (exact) mass is 358 g/mol. The minimum absolute atomic E-state index is 0.00804. The second-order valence-electron chi connectivity index (χ2n) is 6.17. The Morgan fingerprint density at radius 2 is 2.28 bits per heavy atom. The van der Waals surface area contributed by atoms with Crippen molar-refractivity contribution >= 4 is 23.2 Å². The third-order valence-electron chi connectivity index (χ3n) is 4.31. The van der Waals surface area contributed by atoms with Gasteiger partial charge in [0.1, 0.15) is 0 Å². The second kappa shape index (κ2) is 7.74. The molecular weight excluding hydrogens is 336 g/mol. The number of amides is 2. The largest absolute Gasteiger partial charge is 0.351 e. The highest BCUT2D eigenvalue weighted by atomic mass is 32.1. The molecule has 0 spiro atoms. The van der Waals surface area contributed by atoms with Crippen LogP contribution in [0, 0.1) is 12.8 Å². The highest BCUT2D eigenvalue weighted by Gasteiger charge is 2.34. The Bertz CT molecular complexity index is 760. The van der Waals surface area contributed by atoms with E-state index >= 15 is 0 Å². The lowest BCUT2D eigenvalue weighted by atomic mass is 10.1. The number of carbonyl (C=O) groups is 2. The quantitative estimate of drug-likeness (QED) is 0.858. The van der Waals surface area contributed by atoms with Crippen molar-refractivity contribution in [1.82, 2.24) is 20.2 Å². The molecule has 0 aromatic carbocycles. The fourth-order valence-electron chi connectivity index (χ4n) is 3.03. The first-order valence-electron chi connectivity index (χ1n) is 8.47. The maximum atomic E-state index is 12.4. The van der Waals surface area contributed by atoms with Crippen molar-refractivity contribution in [2.75, 3.05) is 6.54 Å². The van der Waals surface area contributed by atoms with Crippen molar-refractivity contribution in [2.45, 2.75) is 39.8 Å². The van der Waals surface area contributed by atoms with Crippen LogP contribution in [0.25, 0.3) is 0 Å². The molecule has 7 heteroatoms. The van der Waals surface area contributed by atoms with Gasteiger partial charge in [0.15, 0.2) is 0 Å². The Morgan fingerprint density at radius 1 is 1.44 bits per heavy atom. The van der Waals surface area contributed by atoms with E-state index in [1.807, 2.05) is 25.1 Å². The summed E-state index contributed by atoms with van der Waals surface area (Å²) in [5.74, 6) is -0.353. The molecule has 0 aliphatic carbocycles. The van der Waals surface area contributed by atoms with Crippen molar-refractivity contribution in [2.24, 2.45) is 5.92 Å². The molecule has 0 bridgehead atoms. The summed E-state index contributed by atoms with van der Waals surface area (Å²) in [6.45, 7) is 5.42. The van der Waals surface area contributed by atoms with Crippen molar-refractivity contribution in [1.29, 1.82) is 0 Å². The Kier molecular flexibility index (Phi) is 5.43. The van der Waals surface area contributed by atoms with Crippen LogP contribution in [0.15, 0.2) is 24.4 Å². The molecule has 1 aliphatic heterocycles. The molecule has 1 saturated heterocycles. The molecule has 3 rings (SSSR count). The fourth-order valence-corrected chi connectivity index (χ4v) is 3.99. The number of hydrogen-bond acceptors (Lipinski definition) is 5. The number of pyridine rings is 1. The zero-order chi connectivity index (χ0) is 17.8. The number of aryl methyl sites for hydroxylation is 2. The minimum atomic E-state index is -0.296. The van der Waals surface area contributed by atoms with E-state index in [4.69, 9.17) is 0 Å². The first-order valence-corrected chi connectivity index (χ1v) is 9.29. The molecule has 1 fully saturated rings. The number of aromatic nitrogens is 2. The van der Waals surface area contributed by atoms with Crippen LogP contribution in [0.1, 0.15) is 34.6 Å². The van der Waals surface area contributed by atoms with Crippen LogP contribution < -0.4 is 5.32 Å². The van der Waals surface area contributed by atoms with E-state index in [-0.39, 0.29) is 24.2 Å². The van der Waals surface area contributed by atoms with E-state index in [1.54, 1.807) is 22.4 Å². The maximum absolute atomic E-state index is 12.4. The van der Waals surface area contributed by atoms with Crippen LogP contribution in [0.2, 0.25) is 0 Å². The second-order valence-corrected chi connectivity index (χ2v) is 7.46. The maximum Gasteiger partial charge on any atom is 0.225 e. The fraction of sp³-hybridized carbons (Fsp3) is 0.444. The number of nitrogens with zero attached hydrogens (tertiary/aromatic N) is 3. The third kappa shape index (κ3) is 4.22. The summed E-state index contributed by atoms with van der Waals surface area (Å²) < 4.78 is 0. The SMILES string of the molecule is CCc1nc(C)sc1CNC(=O)C1CC(=O)N(Cc2ccccn2)C1. The number of nitrogens with one attached hydrogen (secondary N) is 1. The molecule has 2 aromatic rings. The van der Waals surface area contributed by atoms with Gasteiger partial charge in [0.05, 0.1) is 35.4 Å². The predicted molar refractivity (Wildman–Crippen MR) is 95.8 cm³/mol. The highest BCUT2D eigenvalue weighted by molar-refractivity contribution is 7.11. The van der Waals surface area contributed by atoms with Gasteiger partial charge in [0, 0.05) is 24.0 Å². The highest BCUT2D eigenvalue weighted by Crippen LogP contribution is 2.21. The van der Waals surface area contributed by atoms with E-state index in [0.717, 1.165) is 27.7 Å². The van der Waals surface area contributed by atoms with Crippen molar-refractivity contribution < 1.29 is 9.59 Å². The van der Waals surface area contributed by atoms with Gasteiger partial charge >= 0.3 is 0 Å². The number of likely N-dealkylation sites (tertiary alicyclic amines) is 1. The standard InChI is InChI=1S/C18H22N4O2S/c1-3-15-16(25-12(2)21-15)9-20-18(24)13-8-17(23)22(10-13)11-14-6-4-5-7-19-14/h4-7,13H,3,8-11H2,1-2H3,(H,20,24). The Morgan fingerprint density at radius 3 is 3.00 bits per heavy atom. The first-order chi connectivity index (χ1) is 12.1. The molecule has 0 saturated carbocycles. The Balaban J connectivity index is 1.55. The summed E-state index contributed by atoms with van der Waals surface area (Å²) in [7, 11) is 0. The molecule has 1 atom stereocenters. The molecule has 1 unspecified atom stereocenters. The smallest absolute Gasteiger partial charge is 0.225 e. The van der Waals surface area contributed by atoms with Gasteiger partial charge in [-0.15, -0.1) is 11.3 Å².